The van der Waals surface area contributed by atoms with Gasteiger partial charge in [-0.1, -0.05) is 19.8 Å². The summed E-state index contributed by atoms with van der Waals surface area (Å²) < 4.78 is 26.1. The molecule has 0 spiro atoms. The molecule has 25 heavy (non-hydrogen) atoms. The number of hydrogen-bond donors (Lipinski definition) is 1. The molecule has 138 valence electrons. The van der Waals surface area contributed by atoms with Crippen LogP contribution in [0.2, 0.25) is 0 Å². The van der Waals surface area contributed by atoms with Gasteiger partial charge < -0.3 is 5.32 Å². The summed E-state index contributed by atoms with van der Waals surface area (Å²) in [6.07, 6.45) is 6.33. The molecule has 1 saturated carbocycles. The van der Waals surface area contributed by atoms with Crippen molar-refractivity contribution >= 4 is 27.3 Å². The second-order valence-electron chi connectivity index (χ2n) is 7.42. The van der Waals surface area contributed by atoms with Crippen LogP contribution in [-0.2, 0) is 14.8 Å². The van der Waals surface area contributed by atoms with Crippen molar-refractivity contribution in [3.05, 3.63) is 23.8 Å². The summed E-state index contributed by atoms with van der Waals surface area (Å²) in [7, 11) is -3.21. The van der Waals surface area contributed by atoms with Crippen LogP contribution in [0.4, 0.5) is 11.4 Å². The van der Waals surface area contributed by atoms with Crippen LogP contribution in [-0.4, -0.2) is 26.6 Å². The summed E-state index contributed by atoms with van der Waals surface area (Å²) in [5.74, 6) is 0.776. The lowest BCUT2D eigenvalue weighted by atomic mass is 9.92. The van der Waals surface area contributed by atoms with Crippen LogP contribution in [0.1, 0.15) is 51.0 Å². The lowest BCUT2D eigenvalue weighted by Crippen LogP contribution is -2.38. The number of anilines is 2. The predicted octanol–water partition coefficient (Wildman–Crippen LogP) is 3.69. The fourth-order valence-electron chi connectivity index (χ4n) is 4.00. The van der Waals surface area contributed by atoms with Gasteiger partial charge in [-0.2, -0.15) is 0 Å². The van der Waals surface area contributed by atoms with Gasteiger partial charge in [-0.3, -0.25) is 9.10 Å². The molecule has 2 fully saturated rings. The molecular weight excluding hydrogens is 336 g/mol. The fourth-order valence-corrected chi connectivity index (χ4v) is 5.70. The van der Waals surface area contributed by atoms with E-state index in [0.29, 0.717) is 12.5 Å². The van der Waals surface area contributed by atoms with Crippen LogP contribution < -0.4 is 9.62 Å². The Morgan fingerprint density at radius 2 is 1.92 bits per heavy atom. The largest absolute Gasteiger partial charge is 0.326 e. The number of benzene rings is 1. The molecule has 1 atom stereocenters. The molecule has 1 unspecified atom stereocenters. The smallest absolute Gasteiger partial charge is 0.235 e. The SMILES string of the molecule is Cc1cc(NC(=O)C(C)C2CCCC2)ccc1N1CCCCS1(=O)=O. The second kappa shape index (κ2) is 7.36. The Bertz CT molecular complexity index is 739. The number of hydrogen-bond acceptors (Lipinski definition) is 3. The van der Waals surface area contributed by atoms with Crippen molar-refractivity contribution in [1.29, 1.82) is 0 Å². The van der Waals surface area contributed by atoms with Gasteiger partial charge in [0.05, 0.1) is 11.4 Å². The minimum absolute atomic E-state index is 0.0185. The number of rotatable bonds is 4. The Morgan fingerprint density at radius 1 is 1.20 bits per heavy atom. The van der Waals surface area contributed by atoms with Crippen molar-refractivity contribution in [2.75, 3.05) is 21.9 Å². The van der Waals surface area contributed by atoms with Crippen LogP contribution in [0.25, 0.3) is 0 Å². The molecular formula is C19H28N2O3S. The molecule has 6 heteroatoms. The van der Waals surface area contributed by atoms with E-state index in [0.717, 1.165) is 42.6 Å². The topological polar surface area (TPSA) is 66.5 Å². The minimum Gasteiger partial charge on any atom is -0.326 e. The zero-order chi connectivity index (χ0) is 18.0. The molecule has 0 radical (unpaired) electrons. The first kappa shape index (κ1) is 18.2. The van der Waals surface area contributed by atoms with Crippen LogP contribution in [0.15, 0.2) is 18.2 Å². The third-order valence-electron chi connectivity index (χ3n) is 5.60. The van der Waals surface area contributed by atoms with E-state index in [1.807, 2.05) is 32.0 Å². The molecule has 5 nitrogen and oxygen atoms in total. The predicted molar refractivity (Wildman–Crippen MR) is 101 cm³/mol. The average Bonchev–Trinajstić information content (AvgIpc) is 3.09. The van der Waals surface area contributed by atoms with Gasteiger partial charge >= 0.3 is 0 Å². The van der Waals surface area contributed by atoms with Crippen LogP contribution in [0.3, 0.4) is 0 Å². The standard InChI is InChI=1S/C19H28N2O3S/c1-14-13-17(20-19(22)15(2)16-7-3-4-8-16)9-10-18(14)21-11-5-6-12-25(21,23)24/h9-10,13,15-16H,3-8,11-12H2,1-2H3,(H,20,22). The second-order valence-corrected chi connectivity index (χ2v) is 9.43. The lowest BCUT2D eigenvalue weighted by molar-refractivity contribution is -0.120. The summed E-state index contributed by atoms with van der Waals surface area (Å²) in [6, 6.07) is 5.50. The third kappa shape index (κ3) is 4.00. The van der Waals surface area contributed by atoms with Crippen molar-refractivity contribution < 1.29 is 13.2 Å². The van der Waals surface area contributed by atoms with Crippen molar-refractivity contribution in [2.45, 2.75) is 52.4 Å². The highest BCUT2D eigenvalue weighted by atomic mass is 32.2. The Balaban J connectivity index is 1.72. The van der Waals surface area contributed by atoms with Crippen LogP contribution in [0.5, 0.6) is 0 Å². The maximum atomic E-state index is 12.5. The number of amides is 1. The number of aryl methyl sites for hydroxylation is 1. The highest BCUT2D eigenvalue weighted by Crippen LogP contribution is 2.33. The van der Waals surface area contributed by atoms with Gasteiger partial charge in [0, 0.05) is 18.2 Å². The molecule has 1 aliphatic heterocycles. The third-order valence-corrected chi connectivity index (χ3v) is 7.46. The highest BCUT2D eigenvalue weighted by Gasteiger charge is 2.28. The molecule has 0 bridgehead atoms. The molecule has 2 aliphatic rings. The molecule has 1 saturated heterocycles. The van der Waals surface area contributed by atoms with Gasteiger partial charge in [-0.15, -0.1) is 0 Å². The Morgan fingerprint density at radius 3 is 2.56 bits per heavy atom. The molecule has 1 aliphatic carbocycles. The van der Waals surface area contributed by atoms with E-state index in [-0.39, 0.29) is 17.6 Å². The molecule has 1 heterocycles. The first-order chi connectivity index (χ1) is 11.9. The average molecular weight is 365 g/mol. The van der Waals surface area contributed by atoms with Gasteiger partial charge in [0.1, 0.15) is 0 Å². The van der Waals surface area contributed by atoms with Crippen molar-refractivity contribution in [3.63, 3.8) is 0 Å². The van der Waals surface area contributed by atoms with E-state index in [1.165, 1.54) is 17.1 Å². The highest BCUT2D eigenvalue weighted by molar-refractivity contribution is 7.92. The van der Waals surface area contributed by atoms with E-state index in [4.69, 9.17) is 0 Å². The van der Waals surface area contributed by atoms with E-state index < -0.39 is 10.0 Å². The molecule has 1 aromatic carbocycles. The quantitative estimate of drug-likeness (QED) is 0.886. The van der Waals surface area contributed by atoms with Gasteiger partial charge in [0.15, 0.2) is 0 Å². The Labute approximate surface area is 150 Å². The number of carbonyl (C=O) groups is 1. The van der Waals surface area contributed by atoms with Gasteiger partial charge in [-0.05, 0) is 62.3 Å². The first-order valence-corrected chi connectivity index (χ1v) is 10.9. The normalized spacial score (nSPS) is 21.9. The minimum atomic E-state index is -3.21. The van der Waals surface area contributed by atoms with E-state index in [2.05, 4.69) is 5.32 Å². The van der Waals surface area contributed by atoms with Crippen molar-refractivity contribution in [2.24, 2.45) is 11.8 Å². The lowest BCUT2D eigenvalue weighted by Gasteiger charge is -2.29. The summed E-state index contributed by atoms with van der Waals surface area (Å²) in [5.41, 5.74) is 2.34. The zero-order valence-electron chi connectivity index (χ0n) is 15.1. The molecule has 1 N–H and O–H groups in total. The number of nitrogens with zero attached hydrogens (tertiary/aromatic N) is 1. The first-order valence-electron chi connectivity index (χ1n) is 9.30. The van der Waals surface area contributed by atoms with E-state index >= 15 is 0 Å². The van der Waals surface area contributed by atoms with Gasteiger partial charge in [-0.25, -0.2) is 8.42 Å². The summed E-state index contributed by atoms with van der Waals surface area (Å²) in [6.45, 7) is 4.44. The van der Waals surface area contributed by atoms with E-state index in [1.54, 1.807) is 0 Å². The van der Waals surface area contributed by atoms with Gasteiger partial charge in [0.25, 0.3) is 0 Å². The number of carbonyl (C=O) groups excluding carboxylic acids is 1. The van der Waals surface area contributed by atoms with E-state index in [9.17, 15) is 13.2 Å². The monoisotopic (exact) mass is 364 g/mol. The van der Waals surface area contributed by atoms with Crippen LogP contribution >= 0.6 is 0 Å². The fraction of sp³-hybridized carbons (Fsp3) is 0.632. The van der Waals surface area contributed by atoms with Crippen molar-refractivity contribution in [3.8, 4) is 0 Å². The number of sulfonamides is 1. The summed E-state index contributed by atoms with van der Waals surface area (Å²) in [5, 5.41) is 3.00. The molecule has 1 aromatic rings. The summed E-state index contributed by atoms with van der Waals surface area (Å²) in [4.78, 5) is 12.5. The maximum absolute atomic E-state index is 12.5. The van der Waals surface area contributed by atoms with Crippen LogP contribution in [0, 0.1) is 18.8 Å². The summed E-state index contributed by atoms with van der Waals surface area (Å²) >= 11 is 0. The Kier molecular flexibility index (Phi) is 5.37. The molecule has 3 rings (SSSR count). The Hall–Kier alpha value is -1.56. The van der Waals surface area contributed by atoms with Gasteiger partial charge in [0.2, 0.25) is 15.9 Å². The zero-order valence-corrected chi connectivity index (χ0v) is 15.9. The number of nitrogens with one attached hydrogen (secondary N) is 1. The molecule has 0 aromatic heterocycles. The van der Waals surface area contributed by atoms with Crippen molar-refractivity contribution in [1.82, 2.24) is 0 Å². The molecule has 1 amide bonds. The maximum Gasteiger partial charge on any atom is 0.235 e.